The molecule has 2 heterocycles. The summed E-state index contributed by atoms with van der Waals surface area (Å²) in [6, 6.07) is 0. The van der Waals surface area contributed by atoms with Crippen LogP contribution in [-0.4, -0.2) is 26.1 Å². The molecule has 2 rings (SSSR count). The second-order valence-corrected chi connectivity index (χ2v) is 3.19. The van der Waals surface area contributed by atoms with Crippen molar-refractivity contribution in [1.82, 2.24) is 19.9 Å². The third kappa shape index (κ3) is 2.88. The Morgan fingerprint density at radius 2 is 1.38 bits per heavy atom. The predicted molar refractivity (Wildman–Crippen MR) is 60.8 cm³/mol. The molecule has 2 aromatic rings. The normalized spacial score (nSPS) is 10.1. The van der Waals surface area contributed by atoms with E-state index in [0.29, 0.717) is 11.6 Å². The number of hydrogen-bond acceptors (Lipinski definition) is 6. The van der Waals surface area contributed by atoms with Crippen molar-refractivity contribution in [3.8, 4) is 0 Å². The highest BCUT2D eigenvalue weighted by molar-refractivity contribution is 5.37. The van der Waals surface area contributed by atoms with Gasteiger partial charge in [-0.05, 0) is 6.92 Å². The Morgan fingerprint density at radius 1 is 0.875 bits per heavy atom. The van der Waals surface area contributed by atoms with Gasteiger partial charge in [0, 0.05) is 24.8 Å². The van der Waals surface area contributed by atoms with Gasteiger partial charge in [0.15, 0.2) is 0 Å². The first-order chi connectivity index (χ1) is 7.84. The third-order valence-electron chi connectivity index (χ3n) is 1.86. The predicted octanol–water partition coefficient (Wildman–Crippen LogP) is 1.14. The second-order valence-electron chi connectivity index (χ2n) is 3.19. The molecule has 0 radical (unpaired) electrons. The standard InChI is InChI=1S/C10H12N6/c1-8(15-9-6-11-2-4-13-9)16-10-7-12-3-5-14-10/h2-8H,1H3,(H,13,15)(H,14,16). The first-order valence-corrected chi connectivity index (χ1v) is 4.90. The maximum atomic E-state index is 4.11. The summed E-state index contributed by atoms with van der Waals surface area (Å²) in [5.41, 5.74) is 0. The van der Waals surface area contributed by atoms with E-state index in [2.05, 4.69) is 30.6 Å². The quantitative estimate of drug-likeness (QED) is 0.746. The van der Waals surface area contributed by atoms with Gasteiger partial charge in [-0.25, -0.2) is 9.97 Å². The number of rotatable bonds is 4. The lowest BCUT2D eigenvalue weighted by Crippen LogP contribution is -2.25. The molecule has 0 saturated carbocycles. The lowest BCUT2D eigenvalue weighted by Gasteiger charge is -2.15. The van der Waals surface area contributed by atoms with Gasteiger partial charge in [0.25, 0.3) is 0 Å². The van der Waals surface area contributed by atoms with Gasteiger partial charge >= 0.3 is 0 Å². The number of aromatic nitrogens is 4. The molecule has 2 N–H and O–H groups in total. The zero-order chi connectivity index (χ0) is 11.2. The Bertz CT molecular complexity index is 376. The van der Waals surface area contributed by atoms with Gasteiger partial charge in [-0.3, -0.25) is 9.97 Å². The van der Waals surface area contributed by atoms with Crippen molar-refractivity contribution in [3.63, 3.8) is 0 Å². The summed E-state index contributed by atoms with van der Waals surface area (Å²) in [6.45, 7) is 1.96. The maximum absolute atomic E-state index is 4.11. The highest BCUT2D eigenvalue weighted by Gasteiger charge is 2.02. The molecule has 0 spiro atoms. The van der Waals surface area contributed by atoms with Crippen molar-refractivity contribution >= 4 is 11.6 Å². The molecule has 0 aliphatic heterocycles. The average Bonchev–Trinajstić information content (AvgIpc) is 2.31. The Labute approximate surface area is 93.2 Å². The molecule has 0 unspecified atom stereocenters. The summed E-state index contributed by atoms with van der Waals surface area (Å²) in [5, 5.41) is 6.28. The minimum atomic E-state index is -0.00611. The van der Waals surface area contributed by atoms with Crippen LogP contribution in [0.2, 0.25) is 0 Å². The van der Waals surface area contributed by atoms with Crippen LogP contribution in [0.25, 0.3) is 0 Å². The second kappa shape index (κ2) is 5.01. The van der Waals surface area contributed by atoms with E-state index in [1.165, 1.54) is 0 Å². The van der Waals surface area contributed by atoms with E-state index in [0.717, 1.165) is 0 Å². The fraction of sp³-hybridized carbons (Fsp3) is 0.200. The van der Waals surface area contributed by atoms with Crippen LogP contribution in [0.15, 0.2) is 37.2 Å². The van der Waals surface area contributed by atoms with E-state index in [1.807, 2.05) is 6.92 Å². The number of anilines is 2. The Morgan fingerprint density at radius 3 is 1.75 bits per heavy atom. The van der Waals surface area contributed by atoms with Crippen molar-refractivity contribution in [2.24, 2.45) is 0 Å². The van der Waals surface area contributed by atoms with Gasteiger partial charge < -0.3 is 10.6 Å². The molecule has 16 heavy (non-hydrogen) atoms. The van der Waals surface area contributed by atoms with Gasteiger partial charge in [0.05, 0.1) is 18.6 Å². The van der Waals surface area contributed by atoms with Crippen LogP contribution in [0.3, 0.4) is 0 Å². The summed E-state index contributed by atoms with van der Waals surface area (Å²) in [7, 11) is 0. The molecule has 2 aromatic heterocycles. The molecule has 0 aliphatic rings. The van der Waals surface area contributed by atoms with Crippen molar-refractivity contribution in [3.05, 3.63) is 37.2 Å². The molecule has 0 amide bonds. The zero-order valence-electron chi connectivity index (χ0n) is 8.83. The zero-order valence-corrected chi connectivity index (χ0v) is 8.83. The maximum Gasteiger partial charge on any atom is 0.146 e. The number of hydrogen-bond donors (Lipinski definition) is 2. The summed E-state index contributed by atoms with van der Waals surface area (Å²) in [4.78, 5) is 16.1. The first-order valence-electron chi connectivity index (χ1n) is 4.90. The van der Waals surface area contributed by atoms with Gasteiger partial charge in [-0.15, -0.1) is 0 Å². The van der Waals surface area contributed by atoms with E-state index in [9.17, 15) is 0 Å². The largest absolute Gasteiger partial charge is 0.349 e. The molecule has 0 aromatic carbocycles. The van der Waals surface area contributed by atoms with Crippen LogP contribution >= 0.6 is 0 Å². The van der Waals surface area contributed by atoms with Crippen LogP contribution in [0, 0.1) is 0 Å². The van der Waals surface area contributed by atoms with E-state index in [-0.39, 0.29) is 6.17 Å². The first kappa shape index (κ1) is 10.3. The van der Waals surface area contributed by atoms with E-state index < -0.39 is 0 Å². The molecule has 6 nitrogen and oxygen atoms in total. The van der Waals surface area contributed by atoms with Crippen molar-refractivity contribution in [2.75, 3.05) is 10.6 Å². The highest BCUT2D eigenvalue weighted by atomic mass is 15.2. The lowest BCUT2D eigenvalue weighted by molar-refractivity contribution is 0.888. The lowest BCUT2D eigenvalue weighted by atomic mass is 10.5. The highest BCUT2D eigenvalue weighted by Crippen LogP contribution is 2.04. The minimum Gasteiger partial charge on any atom is -0.349 e. The summed E-state index contributed by atoms with van der Waals surface area (Å²) in [5.74, 6) is 1.43. The molecule has 0 atom stereocenters. The molecule has 0 fully saturated rings. The molecule has 0 saturated heterocycles. The number of nitrogens with one attached hydrogen (secondary N) is 2. The molecular formula is C10H12N6. The van der Waals surface area contributed by atoms with Crippen molar-refractivity contribution in [1.29, 1.82) is 0 Å². The van der Waals surface area contributed by atoms with Gasteiger partial charge in [-0.1, -0.05) is 0 Å². The van der Waals surface area contributed by atoms with Crippen molar-refractivity contribution < 1.29 is 0 Å². The monoisotopic (exact) mass is 216 g/mol. The Balaban J connectivity index is 1.92. The summed E-state index contributed by atoms with van der Waals surface area (Å²) in [6.07, 6.45) is 9.85. The topological polar surface area (TPSA) is 75.6 Å². The molecule has 0 aliphatic carbocycles. The third-order valence-corrected chi connectivity index (χ3v) is 1.86. The molecular weight excluding hydrogens is 204 g/mol. The summed E-state index contributed by atoms with van der Waals surface area (Å²) < 4.78 is 0. The average molecular weight is 216 g/mol. The smallest absolute Gasteiger partial charge is 0.146 e. The van der Waals surface area contributed by atoms with Crippen LogP contribution in [0.5, 0.6) is 0 Å². The van der Waals surface area contributed by atoms with Crippen LogP contribution in [0.4, 0.5) is 11.6 Å². The number of nitrogens with zero attached hydrogens (tertiary/aromatic N) is 4. The van der Waals surface area contributed by atoms with Gasteiger partial charge in [0.2, 0.25) is 0 Å². The Hall–Kier alpha value is -2.24. The molecule has 6 heteroatoms. The fourth-order valence-corrected chi connectivity index (χ4v) is 1.23. The van der Waals surface area contributed by atoms with E-state index in [4.69, 9.17) is 0 Å². The summed E-state index contributed by atoms with van der Waals surface area (Å²) >= 11 is 0. The van der Waals surface area contributed by atoms with E-state index in [1.54, 1.807) is 37.2 Å². The van der Waals surface area contributed by atoms with Crippen LogP contribution in [0.1, 0.15) is 6.92 Å². The molecule has 82 valence electrons. The van der Waals surface area contributed by atoms with E-state index >= 15 is 0 Å². The van der Waals surface area contributed by atoms with Crippen molar-refractivity contribution in [2.45, 2.75) is 13.1 Å². The van der Waals surface area contributed by atoms with Gasteiger partial charge in [0.1, 0.15) is 11.6 Å². The minimum absolute atomic E-state index is 0.00611. The SMILES string of the molecule is CC(Nc1cnccn1)Nc1cnccn1. The molecule has 0 bridgehead atoms. The Kier molecular flexibility index (Phi) is 3.22. The van der Waals surface area contributed by atoms with Crippen LogP contribution < -0.4 is 10.6 Å². The fourth-order valence-electron chi connectivity index (χ4n) is 1.23. The van der Waals surface area contributed by atoms with Crippen LogP contribution in [-0.2, 0) is 0 Å². The van der Waals surface area contributed by atoms with Gasteiger partial charge in [-0.2, -0.15) is 0 Å².